The maximum Gasteiger partial charge on any atom is 0.303 e. The van der Waals surface area contributed by atoms with E-state index in [0.29, 0.717) is 6.42 Å². The fourth-order valence-electron chi connectivity index (χ4n) is 2.50. The zero-order valence-corrected chi connectivity index (χ0v) is 10.4. The van der Waals surface area contributed by atoms with E-state index in [0.717, 1.165) is 6.42 Å². The van der Waals surface area contributed by atoms with Gasteiger partial charge >= 0.3 is 5.97 Å². The molecule has 0 aromatic carbocycles. The lowest BCUT2D eigenvalue weighted by atomic mass is 9.71. The second kappa shape index (κ2) is 4.77. The first kappa shape index (κ1) is 14.1. The normalized spacial score (nSPS) is 12.6. The van der Waals surface area contributed by atoms with Gasteiger partial charge in [0, 0.05) is 6.42 Å². The summed E-state index contributed by atoms with van der Waals surface area (Å²) in [6, 6.07) is 0. The molecule has 0 unspecified atom stereocenters. The van der Waals surface area contributed by atoms with E-state index in [4.69, 9.17) is 5.11 Å². The fourth-order valence-corrected chi connectivity index (χ4v) is 2.50. The predicted molar refractivity (Wildman–Crippen MR) is 59.7 cm³/mol. The van der Waals surface area contributed by atoms with Crippen molar-refractivity contribution in [2.75, 3.05) is 0 Å². The smallest absolute Gasteiger partial charge is 0.303 e. The topological polar surface area (TPSA) is 54.4 Å². The Morgan fingerprint density at radius 3 is 1.73 bits per heavy atom. The summed E-state index contributed by atoms with van der Waals surface area (Å²) in [5, 5.41) is 8.76. The van der Waals surface area contributed by atoms with Crippen LogP contribution in [-0.4, -0.2) is 16.9 Å². The molecule has 1 N–H and O–H groups in total. The Morgan fingerprint density at radius 2 is 1.40 bits per heavy atom. The molecule has 0 atom stereocenters. The predicted octanol–water partition coefficient (Wildman–Crippen LogP) is 2.88. The summed E-state index contributed by atoms with van der Waals surface area (Å²) >= 11 is 0. The standard InChI is InChI=1S/C12H22O3/c1-9(13)6-11(2,3)8-12(4,5)7-10(14)15/h6-8H2,1-5H3,(H,14,15). The summed E-state index contributed by atoms with van der Waals surface area (Å²) in [6.07, 6.45) is 1.40. The molecule has 0 bridgehead atoms. The summed E-state index contributed by atoms with van der Waals surface area (Å²) in [4.78, 5) is 21.7. The van der Waals surface area contributed by atoms with E-state index >= 15 is 0 Å². The Hall–Kier alpha value is -0.860. The molecular weight excluding hydrogens is 192 g/mol. The van der Waals surface area contributed by atoms with Crippen molar-refractivity contribution >= 4 is 11.8 Å². The Labute approximate surface area is 91.9 Å². The highest BCUT2D eigenvalue weighted by Crippen LogP contribution is 2.38. The summed E-state index contributed by atoms with van der Waals surface area (Å²) in [6.45, 7) is 9.47. The van der Waals surface area contributed by atoms with Crippen molar-refractivity contribution in [1.82, 2.24) is 0 Å². The number of ketones is 1. The lowest BCUT2D eigenvalue weighted by Gasteiger charge is -2.33. The molecule has 0 aromatic heterocycles. The molecule has 0 heterocycles. The van der Waals surface area contributed by atoms with Gasteiger partial charge in [-0.25, -0.2) is 0 Å². The van der Waals surface area contributed by atoms with Gasteiger partial charge in [-0.15, -0.1) is 0 Å². The van der Waals surface area contributed by atoms with Gasteiger partial charge in [-0.1, -0.05) is 27.7 Å². The van der Waals surface area contributed by atoms with Crippen molar-refractivity contribution in [3.63, 3.8) is 0 Å². The van der Waals surface area contributed by atoms with E-state index in [2.05, 4.69) is 0 Å². The van der Waals surface area contributed by atoms with Crippen molar-refractivity contribution in [2.45, 2.75) is 53.9 Å². The Balaban J connectivity index is 4.42. The van der Waals surface area contributed by atoms with Gasteiger partial charge in [0.1, 0.15) is 5.78 Å². The fraction of sp³-hybridized carbons (Fsp3) is 0.833. The van der Waals surface area contributed by atoms with Gasteiger partial charge in [-0.3, -0.25) is 4.79 Å². The van der Waals surface area contributed by atoms with E-state index in [1.165, 1.54) is 0 Å². The molecule has 0 aliphatic rings. The number of rotatable bonds is 6. The van der Waals surface area contributed by atoms with Gasteiger partial charge in [-0.05, 0) is 24.2 Å². The van der Waals surface area contributed by atoms with E-state index in [1.807, 2.05) is 27.7 Å². The molecule has 0 fully saturated rings. The van der Waals surface area contributed by atoms with Crippen LogP contribution in [-0.2, 0) is 9.59 Å². The van der Waals surface area contributed by atoms with Crippen LogP contribution in [0.25, 0.3) is 0 Å². The SMILES string of the molecule is CC(=O)CC(C)(C)CC(C)(C)CC(=O)O. The van der Waals surface area contributed by atoms with Crippen molar-refractivity contribution < 1.29 is 14.7 Å². The van der Waals surface area contributed by atoms with Crippen LogP contribution < -0.4 is 0 Å². The van der Waals surface area contributed by atoms with Gasteiger partial charge < -0.3 is 9.90 Å². The largest absolute Gasteiger partial charge is 0.481 e. The molecule has 15 heavy (non-hydrogen) atoms. The molecule has 0 aliphatic heterocycles. The van der Waals surface area contributed by atoms with Crippen LogP contribution in [0, 0.1) is 10.8 Å². The molecule has 0 amide bonds. The van der Waals surface area contributed by atoms with Crippen LogP contribution in [0.4, 0.5) is 0 Å². The first-order chi connectivity index (χ1) is 6.54. The molecule has 0 rings (SSSR count). The lowest BCUT2D eigenvalue weighted by molar-refractivity contribution is -0.139. The van der Waals surface area contributed by atoms with Gasteiger partial charge in [0.25, 0.3) is 0 Å². The quantitative estimate of drug-likeness (QED) is 0.739. The summed E-state index contributed by atoms with van der Waals surface area (Å²) in [5.74, 6) is -0.621. The van der Waals surface area contributed by atoms with Crippen LogP contribution in [0.1, 0.15) is 53.9 Å². The van der Waals surface area contributed by atoms with Crippen molar-refractivity contribution in [1.29, 1.82) is 0 Å². The molecule has 3 nitrogen and oxygen atoms in total. The third-order valence-electron chi connectivity index (χ3n) is 2.31. The number of Topliss-reactive ketones (excluding diaryl/α,β-unsaturated/α-hetero) is 1. The molecule has 0 radical (unpaired) electrons. The highest BCUT2D eigenvalue weighted by atomic mass is 16.4. The third kappa shape index (κ3) is 7.11. The minimum absolute atomic E-state index is 0.120. The molecule has 0 saturated carbocycles. The lowest BCUT2D eigenvalue weighted by Crippen LogP contribution is -2.27. The first-order valence-corrected chi connectivity index (χ1v) is 5.25. The van der Waals surface area contributed by atoms with E-state index in [1.54, 1.807) is 6.92 Å². The minimum Gasteiger partial charge on any atom is -0.481 e. The molecule has 0 aliphatic carbocycles. The minimum atomic E-state index is -0.779. The van der Waals surface area contributed by atoms with Crippen molar-refractivity contribution in [3.8, 4) is 0 Å². The van der Waals surface area contributed by atoms with Crippen LogP contribution in [0.15, 0.2) is 0 Å². The van der Waals surface area contributed by atoms with Crippen molar-refractivity contribution in [3.05, 3.63) is 0 Å². The molecule has 3 heteroatoms. The number of carbonyl (C=O) groups excluding carboxylic acids is 1. The number of hydrogen-bond acceptors (Lipinski definition) is 2. The number of carboxylic acids is 1. The van der Waals surface area contributed by atoms with Crippen LogP contribution in [0.3, 0.4) is 0 Å². The maximum absolute atomic E-state index is 11.1. The maximum atomic E-state index is 11.1. The average molecular weight is 214 g/mol. The first-order valence-electron chi connectivity index (χ1n) is 5.25. The molecule has 0 spiro atoms. The number of carbonyl (C=O) groups is 2. The molecule has 88 valence electrons. The average Bonchev–Trinajstić information content (AvgIpc) is 1.73. The summed E-state index contributed by atoms with van der Waals surface area (Å²) in [5.41, 5.74) is -0.379. The van der Waals surface area contributed by atoms with Gasteiger partial charge in [0.15, 0.2) is 0 Å². The van der Waals surface area contributed by atoms with E-state index in [-0.39, 0.29) is 23.0 Å². The van der Waals surface area contributed by atoms with E-state index < -0.39 is 5.97 Å². The van der Waals surface area contributed by atoms with Gasteiger partial charge in [0.05, 0.1) is 6.42 Å². The number of carboxylic acid groups (broad SMARTS) is 1. The highest BCUT2D eigenvalue weighted by Gasteiger charge is 2.31. The highest BCUT2D eigenvalue weighted by molar-refractivity contribution is 5.76. The van der Waals surface area contributed by atoms with Gasteiger partial charge in [0.2, 0.25) is 0 Å². The zero-order chi connectivity index (χ0) is 12.3. The summed E-state index contributed by atoms with van der Waals surface area (Å²) in [7, 11) is 0. The number of aliphatic carboxylic acids is 1. The Morgan fingerprint density at radius 1 is 1.00 bits per heavy atom. The second-order valence-electron chi connectivity index (χ2n) is 5.95. The zero-order valence-electron chi connectivity index (χ0n) is 10.4. The Bertz CT molecular complexity index is 226. The summed E-state index contributed by atoms with van der Waals surface area (Å²) < 4.78 is 0. The van der Waals surface area contributed by atoms with Crippen LogP contribution in [0.5, 0.6) is 0 Å². The van der Waals surface area contributed by atoms with Crippen molar-refractivity contribution in [2.24, 2.45) is 10.8 Å². The van der Waals surface area contributed by atoms with Crippen LogP contribution >= 0.6 is 0 Å². The third-order valence-corrected chi connectivity index (χ3v) is 2.31. The second-order valence-corrected chi connectivity index (χ2v) is 5.95. The molecular formula is C12H22O3. The Kier molecular flexibility index (Phi) is 4.50. The molecule has 0 saturated heterocycles. The van der Waals surface area contributed by atoms with Gasteiger partial charge in [-0.2, -0.15) is 0 Å². The molecule has 0 aromatic rings. The van der Waals surface area contributed by atoms with Crippen LogP contribution in [0.2, 0.25) is 0 Å². The monoisotopic (exact) mass is 214 g/mol. The van der Waals surface area contributed by atoms with E-state index in [9.17, 15) is 9.59 Å². The number of hydrogen-bond donors (Lipinski definition) is 1.